The van der Waals surface area contributed by atoms with Gasteiger partial charge in [0.05, 0.1) is 6.61 Å². The third-order valence-electron chi connectivity index (χ3n) is 2.18. The van der Waals surface area contributed by atoms with E-state index in [-0.39, 0.29) is 5.78 Å². The second-order valence-electron chi connectivity index (χ2n) is 3.42. The molecule has 0 saturated heterocycles. The standard InChI is InChI=1S/C13H15BrO2/c1-3-4-9-16-10(2)13(15)11-5-7-12(14)8-6-11/h3-8,10H,9H2,1-2H3. The van der Waals surface area contributed by atoms with Gasteiger partial charge < -0.3 is 4.74 Å². The van der Waals surface area contributed by atoms with Crippen LogP contribution in [0.2, 0.25) is 0 Å². The van der Waals surface area contributed by atoms with Gasteiger partial charge in [-0.1, -0.05) is 40.2 Å². The van der Waals surface area contributed by atoms with Crippen LogP contribution >= 0.6 is 15.9 Å². The van der Waals surface area contributed by atoms with E-state index < -0.39 is 6.10 Å². The summed E-state index contributed by atoms with van der Waals surface area (Å²) < 4.78 is 6.35. The minimum absolute atomic E-state index is 0.0111. The largest absolute Gasteiger partial charge is 0.366 e. The van der Waals surface area contributed by atoms with E-state index in [4.69, 9.17) is 4.74 Å². The van der Waals surface area contributed by atoms with Crippen LogP contribution in [0.4, 0.5) is 0 Å². The van der Waals surface area contributed by atoms with E-state index >= 15 is 0 Å². The summed E-state index contributed by atoms with van der Waals surface area (Å²) in [6, 6.07) is 7.29. The molecule has 0 aromatic heterocycles. The van der Waals surface area contributed by atoms with Crippen molar-refractivity contribution in [3.8, 4) is 0 Å². The van der Waals surface area contributed by atoms with Crippen LogP contribution in [0.5, 0.6) is 0 Å². The molecular formula is C13H15BrO2. The SMILES string of the molecule is CC=CCOC(C)C(=O)c1ccc(Br)cc1. The topological polar surface area (TPSA) is 26.3 Å². The molecule has 1 atom stereocenters. The first-order valence-electron chi connectivity index (χ1n) is 5.17. The molecule has 0 N–H and O–H groups in total. The fraction of sp³-hybridized carbons (Fsp3) is 0.308. The lowest BCUT2D eigenvalue weighted by Crippen LogP contribution is -2.20. The maximum atomic E-state index is 11.9. The predicted octanol–water partition coefficient (Wildman–Crippen LogP) is 3.61. The summed E-state index contributed by atoms with van der Waals surface area (Å²) in [5.41, 5.74) is 0.677. The van der Waals surface area contributed by atoms with Crippen LogP contribution < -0.4 is 0 Å². The molecule has 0 aliphatic rings. The van der Waals surface area contributed by atoms with Gasteiger partial charge in [-0.15, -0.1) is 0 Å². The number of benzene rings is 1. The van der Waals surface area contributed by atoms with Gasteiger partial charge in [0.2, 0.25) is 0 Å². The number of carbonyl (C=O) groups excluding carboxylic acids is 1. The van der Waals surface area contributed by atoms with Gasteiger partial charge in [-0.3, -0.25) is 4.79 Å². The monoisotopic (exact) mass is 282 g/mol. The number of allylic oxidation sites excluding steroid dienone is 1. The third-order valence-corrected chi connectivity index (χ3v) is 2.70. The summed E-state index contributed by atoms with van der Waals surface area (Å²) in [5.74, 6) is 0.0111. The molecule has 3 heteroatoms. The van der Waals surface area contributed by atoms with E-state index in [0.29, 0.717) is 12.2 Å². The second-order valence-corrected chi connectivity index (χ2v) is 4.33. The van der Waals surface area contributed by atoms with Crippen LogP contribution in [0.25, 0.3) is 0 Å². The lowest BCUT2D eigenvalue weighted by atomic mass is 10.1. The number of rotatable bonds is 5. The van der Waals surface area contributed by atoms with E-state index in [1.165, 1.54) is 0 Å². The molecule has 86 valence electrons. The average Bonchev–Trinajstić information content (AvgIpc) is 2.29. The van der Waals surface area contributed by atoms with E-state index in [0.717, 1.165) is 4.47 Å². The zero-order chi connectivity index (χ0) is 12.0. The van der Waals surface area contributed by atoms with E-state index in [1.807, 2.05) is 31.2 Å². The summed E-state index contributed by atoms with van der Waals surface area (Å²) in [7, 11) is 0. The zero-order valence-corrected chi connectivity index (χ0v) is 11.0. The number of ether oxygens (including phenoxy) is 1. The highest BCUT2D eigenvalue weighted by atomic mass is 79.9. The Bertz CT molecular complexity index is 368. The summed E-state index contributed by atoms with van der Waals surface area (Å²) >= 11 is 3.33. The fourth-order valence-electron chi connectivity index (χ4n) is 1.22. The van der Waals surface area contributed by atoms with E-state index in [2.05, 4.69) is 15.9 Å². The van der Waals surface area contributed by atoms with Gasteiger partial charge in [-0.2, -0.15) is 0 Å². The van der Waals surface area contributed by atoms with Gasteiger partial charge in [-0.05, 0) is 26.0 Å². The summed E-state index contributed by atoms with van der Waals surface area (Å²) in [4.78, 5) is 11.9. The maximum Gasteiger partial charge on any atom is 0.191 e. The van der Waals surface area contributed by atoms with Crippen molar-refractivity contribution < 1.29 is 9.53 Å². The van der Waals surface area contributed by atoms with Gasteiger partial charge in [0.15, 0.2) is 5.78 Å². The van der Waals surface area contributed by atoms with Crippen LogP contribution in [0.1, 0.15) is 24.2 Å². The number of ketones is 1. The molecule has 0 spiro atoms. The molecule has 2 nitrogen and oxygen atoms in total. The number of carbonyl (C=O) groups is 1. The molecule has 1 unspecified atom stereocenters. The number of halogens is 1. The van der Waals surface area contributed by atoms with E-state index in [9.17, 15) is 4.79 Å². The van der Waals surface area contributed by atoms with Crippen molar-refractivity contribution in [1.29, 1.82) is 0 Å². The van der Waals surface area contributed by atoms with Gasteiger partial charge in [-0.25, -0.2) is 0 Å². The molecule has 0 amide bonds. The Labute approximate surface area is 104 Å². The molecule has 16 heavy (non-hydrogen) atoms. The maximum absolute atomic E-state index is 11.9. The van der Waals surface area contributed by atoms with Crippen molar-refractivity contribution in [3.63, 3.8) is 0 Å². The van der Waals surface area contributed by atoms with Crippen molar-refractivity contribution >= 4 is 21.7 Å². The Morgan fingerprint density at radius 1 is 1.44 bits per heavy atom. The average molecular weight is 283 g/mol. The first-order chi connectivity index (χ1) is 7.65. The minimum Gasteiger partial charge on any atom is -0.366 e. The van der Waals surface area contributed by atoms with Crippen LogP contribution in [-0.4, -0.2) is 18.5 Å². The Morgan fingerprint density at radius 2 is 2.06 bits per heavy atom. The predicted molar refractivity (Wildman–Crippen MR) is 68.7 cm³/mol. The summed E-state index contributed by atoms with van der Waals surface area (Å²) in [6.45, 7) is 4.17. The molecule has 0 fully saturated rings. The molecule has 0 aliphatic heterocycles. The molecule has 0 bridgehead atoms. The fourth-order valence-corrected chi connectivity index (χ4v) is 1.49. The molecule has 0 radical (unpaired) electrons. The van der Waals surface area contributed by atoms with Crippen molar-refractivity contribution in [1.82, 2.24) is 0 Å². The number of Topliss-reactive ketones (excluding diaryl/α,β-unsaturated/α-hetero) is 1. The van der Waals surface area contributed by atoms with Crippen LogP contribution in [0.15, 0.2) is 40.9 Å². The van der Waals surface area contributed by atoms with Gasteiger partial charge in [0, 0.05) is 10.0 Å². The second kappa shape index (κ2) is 6.61. The van der Waals surface area contributed by atoms with Crippen LogP contribution in [0, 0.1) is 0 Å². The molecule has 0 saturated carbocycles. The van der Waals surface area contributed by atoms with E-state index in [1.54, 1.807) is 19.1 Å². The molecule has 0 heterocycles. The molecular weight excluding hydrogens is 268 g/mol. The molecule has 0 aliphatic carbocycles. The van der Waals surface area contributed by atoms with Crippen molar-refractivity contribution in [2.45, 2.75) is 20.0 Å². The Kier molecular flexibility index (Phi) is 5.43. The number of hydrogen-bond acceptors (Lipinski definition) is 2. The first kappa shape index (κ1) is 13.1. The quantitative estimate of drug-likeness (QED) is 0.609. The van der Waals surface area contributed by atoms with Crippen LogP contribution in [0.3, 0.4) is 0 Å². The van der Waals surface area contributed by atoms with Crippen molar-refractivity contribution in [2.24, 2.45) is 0 Å². The third kappa shape index (κ3) is 3.91. The summed E-state index contributed by atoms with van der Waals surface area (Å²) in [5, 5.41) is 0. The highest BCUT2D eigenvalue weighted by molar-refractivity contribution is 9.10. The van der Waals surface area contributed by atoms with Gasteiger partial charge in [0.25, 0.3) is 0 Å². The Hall–Kier alpha value is -0.930. The number of hydrogen-bond donors (Lipinski definition) is 0. The van der Waals surface area contributed by atoms with Gasteiger partial charge in [0.1, 0.15) is 6.10 Å². The van der Waals surface area contributed by atoms with Crippen LogP contribution in [-0.2, 0) is 4.74 Å². The smallest absolute Gasteiger partial charge is 0.191 e. The molecule has 1 rings (SSSR count). The summed E-state index contributed by atoms with van der Waals surface area (Å²) in [6.07, 6.45) is 3.37. The lowest BCUT2D eigenvalue weighted by molar-refractivity contribution is 0.0566. The normalized spacial score (nSPS) is 12.9. The lowest BCUT2D eigenvalue weighted by Gasteiger charge is -2.10. The highest BCUT2D eigenvalue weighted by Gasteiger charge is 2.14. The molecule has 1 aromatic rings. The van der Waals surface area contributed by atoms with Gasteiger partial charge >= 0.3 is 0 Å². The Balaban J connectivity index is 2.59. The van der Waals surface area contributed by atoms with Crippen molar-refractivity contribution in [3.05, 3.63) is 46.5 Å². The zero-order valence-electron chi connectivity index (χ0n) is 9.44. The minimum atomic E-state index is -0.405. The first-order valence-corrected chi connectivity index (χ1v) is 5.97. The Morgan fingerprint density at radius 3 is 2.62 bits per heavy atom. The molecule has 1 aromatic carbocycles. The van der Waals surface area contributed by atoms with Crippen molar-refractivity contribution in [2.75, 3.05) is 6.61 Å². The highest BCUT2D eigenvalue weighted by Crippen LogP contribution is 2.12.